The number of hydrogen-bond donors (Lipinski definition) is 2. The first kappa shape index (κ1) is 13.4. The fraction of sp³-hybridized carbons (Fsp3) is 0.333. The Morgan fingerprint density at radius 1 is 1.42 bits per heavy atom. The van der Waals surface area contributed by atoms with Gasteiger partial charge in [-0.2, -0.15) is 0 Å². The molecule has 7 heteroatoms. The number of rotatable bonds is 3. The molecular weight excluding hydrogens is 256 g/mol. The van der Waals surface area contributed by atoms with Crippen LogP contribution in [-0.2, 0) is 9.59 Å². The van der Waals surface area contributed by atoms with Gasteiger partial charge in [0.1, 0.15) is 11.6 Å². The van der Waals surface area contributed by atoms with Crippen LogP contribution >= 0.6 is 0 Å². The molecule has 1 aliphatic heterocycles. The van der Waals surface area contributed by atoms with Crippen molar-refractivity contribution in [1.82, 2.24) is 10.2 Å². The zero-order valence-corrected chi connectivity index (χ0v) is 10.1. The average Bonchev–Trinajstić information content (AvgIpc) is 2.33. The maximum atomic E-state index is 13.3. The van der Waals surface area contributed by atoms with Gasteiger partial charge in [-0.1, -0.05) is 0 Å². The lowest BCUT2D eigenvalue weighted by molar-refractivity contribution is -0.125. The smallest absolute Gasteiger partial charge is 0.238 e. The minimum Gasteiger partial charge on any atom is -0.354 e. The Morgan fingerprint density at radius 2 is 2.21 bits per heavy atom. The van der Waals surface area contributed by atoms with Crippen molar-refractivity contribution < 1.29 is 18.4 Å². The van der Waals surface area contributed by atoms with E-state index in [0.29, 0.717) is 19.2 Å². The first-order valence-corrected chi connectivity index (χ1v) is 5.78. The van der Waals surface area contributed by atoms with E-state index >= 15 is 0 Å². The summed E-state index contributed by atoms with van der Waals surface area (Å²) in [7, 11) is 0. The third-order valence-corrected chi connectivity index (χ3v) is 2.69. The molecule has 1 saturated heterocycles. The standard InChI is InChI=1S/C12H13F2N3O2/c13-8-1-2-10(9(14)5-8)16-12(19)7-17-4-3-15-11(18)6-17/h1-2,5H,3-4,6-7H2,(H,15,18)(H,16,19). The van der Waals surface area contributed by atoms with Gasteiger partial charge >= 0.3 is 0 Å². The molecule has 5 nitrogen and oxygen atoms in total. The molecule has 19 heavy (non-hydrogen) atoms. The van der Waals surface area contributed by atoms with Crippen LogP contribution in [0.1, 0.15) is 0 Å². The van der Waals surface area contributed by atoms with Crippen LogP contribution in [0.5, 0.6) is 0 Å². The van der Waals surface area contributed by atoms with Gasteiger partial charge in [0.2, 0.25) is 11.8 Å². The first-order chi connectivity index (χ1) is 9.04. The quantitative estimate of drug-likeness (QED) is 0.831. The van der Waals surface area contributed by atoms with Crippen molar-refractivity contribution in [3.8, 4) is 0 Å². The Kier molecular flexibility index (Phi) is 4.06. The lowest BCUT2D eigenvalue weighted by atomic mass is 10.3. The van der Waals surface area contributed by atoms with Crippen LogP contribution in [0.3, 0.4) is 0 Å². The van der Waals surface area contributed by atoms with Crippen molar-refractivity contribution in [2.45, 2.75) is 0 Å². The van der Waals surface area contributed by atoms with Crippen molar-refractivity contribution in [3.05, 3.63) is 29.8 Å². The van der Waals surface area contributed by atoms with Gasteiger partial charge in [0, 0.05) is 19.2 Å². The molecule has 0 radical (unpaired) electrons. The van der Waals surface area contributed by atoms with Crippen molar-refractivity contribution in [3.63, 3.8) is 0 Å². The number of benzene rings is 1. The molecule has 1 fully saturated rings. The van der Waals surface area contributed by atoms with E-state index in [2.05, 4.69) is 10.6 Å². The third kappa shape index (κ3) is 3.72. The van der Waals surface area contributed by atoms with E-state index in [1.165, 1.54) is 0 Å². The molecule has 2 N–H and O–H groups in total. The second-order valence-corrected chi connectivity index (χ2v) is 4.23. The SMILES string of the molecule is O=C1CN(CC(=O)Nc2ccc(F)cc2F)CCN1. The van der Waals surface area contributed by atoms with E-state index in [-0.39, 0.29) is 24.7 Å². The fourth-order valence-electron chi connectivity index (χ4n) is 1.81. The van der Waals surface area contributed by atoms with Crippen LogP contribution in [-0.4, -0.2) is 42.9 Å². The van der Waals surface area contributed by atoms with Gasteiger partial charge in [0.25, 0.3) is 0 Å². The molecule has 1 heterocycles. The summed E-state index contributed by atoms with van der Waals surface area (Å²) in [5, 5.41) is 4.98. The Hall–Kier alpha value is -2.02. The number of nitrogens with one attached hydrogen (secondary N) is 2. The van der Waals surface area contributed by atoms with Crippen LogP contribution in [0.4, 0.5) is 14.5 Å². The van der Waals surface area contributed by atoms with E-state index in [9.17, 15) is 18.4 Å². The topological polar surface area (TPSA) is 61.4 Å². The minimum atomic E-state index is -0.829. The summed E-state index contributed by atoms with van der Waals surface area (Å²) in [5.41, 5.74) is -0.0761. The third-order valence-electron chi connectivity index (χ3n) is 2.69. The fourth-order valence-corrected chi connectivity index (χ4v) is 1.81. The highest BCUT2D eigenvalue weighted by Gasteiger charge is 2.19. The normalized spacial score (nSPS) is 16.0. The molecule has 0 atom stereocenters. The monoisotopic (exact) mass is 269 g/mol. The van der Waals surface area contributed by atoms with E-state index in [4.69, 9.17) is 0 Å². The van der Waals surface area contributed by atoms with Gasteiger partial charge in [-0.05, 0) is 12.1 Å². The molecule has 1 aliphatic rings. The van der Waals surface area contributed by atoms with Gasteiger partial charge in [-0.25, -0.2) is 8.78 Å². The summed E-state index contributed by atoms with van der Waals surface area (Å²) in [6.07, 6.45) is 0. The lowest BCUT2D eigenvalue weighted by Gasteiger charge is -2.25. The van der Waals surface area contributed by atoms with E-state index in [1.807, 2.05) is 0 Å². The highest BCUT2D eigenvalue weighted by molar-refractivity contribution is 5.92. The number of amides is 2. The summed E-state index contributed by atoms with van der Waals surface area (Å²) in [6.45, 7) is 1.17. The van der Waals surface area contributed by atoms with Crippen LogP contribution in [0.25, 0.3) is 0 Å². The second-order valence-electron chi connectivity index (χ2n) is 4.23. The summed E-state index contributed by atoms with van der Waals surface area (Å²) >= 11 is 0. The Balaban J connectivity index is 1.92. The van der Waals surface area contributed by atoms with Crippen molar-refractivity contribution in [2.75, 3.05) is 31.5 Å². The van der Waals surface area contributed by atoms with E-state index < -0.39 is 17.5 Å². The lowest BCUT2D eigenvalue weighted by Crippen LogP contribution is -2.49. The van der Waals surface area contributed by atoms with Gasteiger partial charge in [-0.3, -0.25) is 14.5 Å². The molecule has 0 bridgehead atoms. The predicted octanol–water partition coefficient (Wildman–Crippen LogP) is 0.335. The highest BCUT2D eigenvalue weighted by atomic mass is 19.1. The van der Waals surface area contributed by atoms with E-state index in [1.54, 1.807) is 4.90 Å². The largest absolute Gasteiger partial charge is 0.354 e. The second kappa shape index (κ2) is 5.75. The number of anilines is 1. The molecule has 0 spiro atoms. The Morgan fingerprint density at radius 3 is 2.89 bits per heavy atom. The molecule has 0 aromatic heterocycles. The molecular formula is C12H13F2N3O2. The van der Waals surface area contributed by atoms with Gasteiger partial charge < -0.3 is 10.6 Å². The summed E-state index contributed by atoms with van der Waals surface area (Å²) in [5.74, 6) is -2.12. The molecule has 102 valence electrons. The molecule has 0 aliphatic carbocycles. The zero-order chi connectivity index (χ0) is 13.8. The van der Waals surface area contributed by atoms with Gasteiger partial charge in [0.05, 0.1) is 18.8 Å². The zero-order valence-electron chi connectivity index (χ0n) is 10.1. The number of carbonyl (C=O) groups excluding carboxylic acids is 2. The Labute approximate surface area is 108 Å². The molecule has 0 saturated carbocycles. The maximum absolute atomic E-state index is 13.3. The highest BCUT2D eigenvalue weighted by Crippen LogP contribution is 2.14. The minimum absolute atomic E-state index is 0.00969. The van der Waals surface area contributed by atoms with Crippen molar-refractivity contribution >= 4 is 17.5 Å². The molecule has 2 amide bonds. The molecule has 1 aromatic rings. The van der Waals surface area contributed by atoms with Crippen LogP contribution in [0.2, 0.25) is 0 Å². The average molecular weight is 269 g/mol. The van der Waals surface area contributed by atoms with Crippen molar-refractivity contribution in [1.29, 1.82) is 0 Å². The van der Waals surface area contributed by atoms with Crippen LogP contribution in [0, 0.1) is 11.6 Å². The predicted molar refractivity (Wildman–Crippen MR) is 64.4 cm³/mol. The number of hydrogen-bond acceptors (Lipinski definition) is 3. The van der Waals surface area contributed by atoms with Crippen molar-refractivity contribution in [2.24, 2.45) is 0 Å². The van der Waals surface area contributed by atoms with E-state index in [0.717, 1.165) is 12.1 Å². The molecule has 2 rings (SSSR count). The molecule has 0 unspecified atom stereocenters. The summed E-state index contributed by atoms with van der Waals surface area (Å²) in [4.78, 5) is 24.4. The summed E-state index contributed by atoms with van der Waals surface area (Å²) in [6, 6.07) is 2.92. The molecule has 1 aromatic carbocycles. The number of halogens is 2. The number of piperazine rings is 1. The first-order valence-electron chi connectivity index (χ1n) is 5.78. The van der Waals surface area contributed by atoms with Gasteiger partial charge in [-0.15, -0.1) is 0 Å². The van der Waals surface area contributed by atoms with Crippen LogP contribution < -0.4 is 10.6 Å². The number of carbonyl (C=O) groups is 2. The maximum Gasteiger partial charge on any atom is 0.238 e. The van der Waals surface area contributed by atoms with Crippen LogP contribution in [0.15, 0.2) is 18.2 Å². The van der Waals surface area contributed by atoms with Gasteiger partial charge in [0.15, 0.2) is 0 Å². The summed E-state index contributed by atoms with van der Waals surface area (Å²) < 4.78 is 26.0. The number of nitrogens with zero attached hydrogens (tertiary/aromatic N) is 1. The Bertz CT molecular complexity index is 508.